The van der Waals surface area contributed by atoms with Crippen LogP contribution in [0.1, 0.15) is 19.8 Å². The number of hydrogen-bond donors (Lipinski definition) is 2. The second-order valence-corrected chi connectivity index (χ2v) is 3.78. The molecule has 0 aliphatic carbocycles. The van der Waals surface area contributed by atoms with E-state index in [-0.39, 0.29) is 0 Å². The molecule has 0 aliphatic rings. The van der Waals surface area contributed by atoms with E-state index in [0.29, 0.717) is 17.8 Å². The first kappa shape index (κ1) is 12.3. The van der Waals surface area contributed by atoms with E-state index >= 15 is 0 Å². The van der Waals surface area contributed by atoms with Gasteiger partial charge in [0.1, 0.15) is 6.33 Å². The van der Waals surface area contributed by atoms with Gasteiger partial charge in [-0.25, -0.2) is 4.98 Å². The first-order valence-corrected chi connectivity index (χ1v) is 5.99. The summed E-state index contributed by atoms with van der Waals surface area (Å²) in [6, 6.07) is 0. The Morgan fingerprint density at radius 1 is 1.22 bits per heavy atom. The first-order chi connectivity index (χ1) is 8.83. The molecule has 0 aliphatic heterocycles. The minimum atomic E-state index is 0.535. The third-order valence-corrected chi connectivity index (χ3v) is 2.40. The molecule has 2 heterocycles. The van der Waals surface area contributed by atoms with Gasteiger partial charge in [-0.2, -0.15) is 15.0 Å². The van der Waals surface area contributed by atoms with Crippen molar-refractivity contribution in [1.29, 1.82) is 0 Å². The Hall–Kier alpha value is -2.18. The molecule has 0 aromatic carbocycles. The van der Waals surface area contributed by atoms with Crippen molar-refractivity contribution in [1.82, 2.24) is 24.5 Å². The van der Waals surface area contributed by atoms with Crippen LogP contribution < -0.4 is 10.6 Å². The summed E-state index contributed by atoms with van der Waals surface area (Å²) >= 11 is 0. The van der Waals surface area contributed by atoms with Crippen LogP contribution in [0.15, 0.2) is 18.7 Å². The van der Waals surface area contributed by atoms with Crippen molar-refractivity contribution in [2.45, 2.75) is 19.8 Å². The van der Waals surface area contributed by atoms with Crippen LogP contribution in [0.2, 0.25) is 0 Å². The van der Waals surface area contributed by atoms with Crippen LogP contribution in [0.5, 0.6) is 0 Å². The minimum absolute atomic E-state index is 0.535. The number of anilines is 2. The SMILES string of the molecule is CCCCNc1nc(NC)nc(-n2ccnc2)n1. The molecule has 2 aromatic rings. The number of imidazole rings is 1. The van der Waals surface area contributed by atoms with Crippen LogP contribution in [0, 0.1) is 0 Å². The van der Waals surface area contributed by atoms with Crippen molar-refractivity contribution in [2.75, 3.05) is 24.2 Å². The van der Waals surface area contributed by atoms with Gasteiger partial charge >= 0.3 is 0 Å². The zero-order valence-electron chi connectivity index (χ0n) is 10.6. The molecule has 7 heteroatoms. The summed E-state index contributed by atoms with van der Waals surface area (Å²) in [7, 11) is 1.78. The van der Waals surface area contributed by atoms with E-state index in [9.17, 15) is 0 Å². The summed E-state index contributed by atoms with van der Waals surface area (Å²) < 4.78 is 1.74. The lowest BCUT2D eigenvalue weighted by Gasteiger charge is -2.08. The molecule has 0 bridgehead atoms. The molecule has 0 atom stereocenters. The summed E-state index contributed by atoms with van der Waals surface area (Å²) in [6.45, 7) is 3.00. The van der Waals surface area contributed by atoms with E-state index in [1.54, 1.807) is 30.3 Å². The van der Waals surface area contributed by atoms with Gasteiger partial charge < -0.3 is 10.6 Å². The average Bonchev–Trinajstić information content (AvgIpc) is 2.92. The Balaban J connectivity index is 2.22. The molecule has 0 spiro atoms. The quantitative estimate of drug-likeness (QED) is 0.749. The average molecular weight is 247 g/mol. The molecule has 7 nitrogen and oxygen atoms in total. The van der Waals surface area contributed by atoms with Crippen molar-refractivity contribution < 1.29 is 0 Å². The van der Waals surface area contributed by atoms with E-state index in [1.165, 1.54) is 0 Å². The number of hydrogen-bond acceptors (Lipinski definition) is 6. The van der Waals surface area contributed by atoms with Crippen LogP contribution in [0.25, 0.3) is 5.95 Å². The Bertz CT molecular complexity index is 480. The Morgan fingerprint density at radius 2 is 2.06 bits per heavy atom. The van der Waals surface area contributed by atoms with E-state index in [2.05, 4.69) is 37.5 Å². The highest BCUT2D eigenvalue weighted by Crippen LogP contribution is 2.08. The lowest BCUT2D eigenvalue weighted by Crippen LogP contribution is -2.11. The molecule has 18 heavy (non-hydrogen) atoms. The summed E-state index contributed by atoms with van der Waals surface area (Å²) in [5, 5.41) is 6.11. The molecule has 0 saturated carbocycles. The lowest BCUT2D eigenvalue weighted by atomic mass is 10.3. The van der Waals surface area contributed by atoms with Crippen molar-refractivity contribution in [3.63, 3.8) is 0 Å². The molecule has 2 aromatic heterocycles. The van der Waals surface area contributed by atoms with Gasteiger partial charge in [0.2, 0.25) is 17.8 Å². The molecule has 0 amide bonds. The normalized spacial score (nSPS) is 10.3. The molecule has 0 radical (unpaired) electrons. The predicted molar refractivity (Wildman–Crippen MR) is 69.9 cm³/mol. The van der Waals surface area contributed by atoms with Crippen molar-refractivity contribution in [3.8, 4) is 5.95 Å². The molecule has 0 saturated heterocycles. The topological polar surface area (TPSA) is 80.5 Å². The van der Waals surface area contributed by atoms with E-state index in [4.69, 9.17) is 0 Å². The number of aromatic nitrogens is 5. The highest BCUT2D eigenvalue weighted by molar-refractivity contribution is 5.37. The van der Waals surface area contributed by atoms with Gasteiger partial charge in [-0.05, 0) is 6.42 Å². The van der Waals surface area contributed by atoms with Crippen molar-refractivity contribution >= 4 is 11.9 Å². The maximum atomic E-state index is 4.35. The summed E-state index contributed by atoms with van der Waals surface area (Å²) in [4.78, 5) is 16.9. The van der Waals surface area contributed by atoms with Crippen molar-refractivity contribution in [3.05, 3.63) is 18.7 Å². The third kappa shape index (κ3) is 2.93. The maximum Gasteiger partial charge on any atom is 0.241 e. The smallest absolute Gasteiger partial charge is 0.241 e. The standard InChI is InChI=1S/C11H17N7/c1-3-4-5-14-10-15-9(12-2)16-11(17-10)18-7-6-13-8-18/h6-8H,3-5H2,1-2H3,(H2,12,14,15,16,17). The number of nitrogens with one attached hydrogen (secondary N) is 2. The number of unbranched alkanes of at least 4 members (excludes halogenated alkanes) is 1. The summed E-state index contributed by atoms with van der Waals surface area (Å²) in [5.41, 5.74) is 0. The Morgan fingerprint density at radius 3 is 2.72 bits per heavy atom. The molecule has 0 fully saturated rings. The van der Waals surface area contributed by atoms with Gasteiger partial charge in [-0.3, -0.25) is 4.57 Å². The fourth-order valence-corrected chi connectivity index (χ4v) is 1.43. The predicted octanol–water partition coefficient (Wildman–Crippen LogP) is 1.31. The molecule has 2 N–H and O–H groups in total. The molecule has 0 unspecified atom stereocenters. The van der Waals surface area contributed by atoms with Gasteiger partial charge in [0.15, 0.2) is 0 Å². The van der Waals surface area contributed by atoms with E-state index in [0.717, 1.165) is 19.4 Å². The minimum Gasteiger partial charge on any atom is -0.357 e. The highest BCUT2D eigenvalue weighted by Gasteiger charge is 2.06. The molecule has 2 rings (SSSR count). The largest absolute Gasteiger partial charge is 0.357 e. The second kappa shape index (κ2) is 5.95. The fraction of sp³-hybridized carbons (Fsp3) is 0.455. The van der Waals surface area contributed by atoms with Gasteiger partial charge in [0, 0.05) is 26.0 Å². The lowest BCUT2D eigenvalue weighted by molar-refractivity contribution is 0.818. The van der Waals surface area contributed by atoms with Gasteiger partial charge in [0.05, 0.1) is 0 Å². The zero-order chi connectivity index (χ0) is 12.8. The van der Waals surface area contributed by atoms with Crippen LogP contribution >= 0.6 is 0 Å². The van der Waals surface area contributed by atoms with E-state index in [1.807, 2.05) is 0 Å². The van der Waals surface area contributed by atoms with E-state index < -0.39 is 0 Å². The maximum absolute atomic E-state index is 4.35. The molecule has 96 valence electrons. The first-order valence-electron chi connectivity index (χ1n) is 5.99. The molecular weight excluding hydrogens is 230 g/mol. The second-order valence-electron chi connectivity index (χ2n) is 3.78. The van der Waals surface area contributed by atoms with Gasteiger partial charge in [-0.15, -0.1) is 0 Å². The Labute approximate surface area is 106 Å². The van der Waals surface area contributed by atoms with Crippen molar-refractivity contribution in [2.24, 2.45) is 0 Å². The van der Waals surface area contributed by atoms with Crippen LogP contribution in [-0.4, -0.2) is 38.1 Å². The summed E-state index contributed by atoms with van der Waals surface area (Å²) in [5.74, 6) is 1.66. The van der Waals surface area contributed by atoms with Crippen LogP contribution in [0.4, 0.5) is 11.9 Å². The summed E-state index contributed by atoms with van der Waals surface area (Å²) in [6.07, 6.45) is 7.36. The van der Waals surface area contributed by atoms with Gasteiger partial charge in [0.25, 0.3) is 0 Å². The van der Waals surface area contributed by atoms with Gasteiger partial charge in [-0.1, -0.05) is 13.3 Å². The zero-order valence-corrected chi connectivity index (χ0v) is 10.6. The monoisotopic (exact) mass is 247 g/mol. The van der Waals surface area contributed by atoms with Crippen LogP contribution in [-0.2, 0) is 0 Å². The number of nitrogens with zero attached hydrogens (tertiary/aromatic N) is 5. The Kier molecular flexibility index (Phi) is 4.06. The highest BCUT2D eigenvalue weighted by atomic mass is 15.3. The molecular formula is C11H17N7. The third-order valence-electron chi connectivity index (χ3n) is 2.40. The fourth-order valence-electron chi connectivity index (χ4n) is 1.43. The number of rotatable bonds is 6. The van der Waals surface area contributed by atoms with Crippen LogP contribution in [0.3, 0.4) is 0 Å².